The predicted octanol–water partition coefficient (Wildman–Crippen LogP) is 5.69. The Hall–Kier alpha value is -1.77. The van der Waals surface area contributed by atoms with E-state index in [9.17, 15) is 0 Å². The van der Waals surface area contributed by atoms with Crippen molar-refractivity contribution < 1.29 is 0 Å². The Morgan fingerprint density at radius 2 is 1.48 bits per heavy atom. The van der Waals surface area contributed by atoms with Gasteiger partial charge < -0.3 is 0 Å². The second-order valence-corrected chi connectivity index (χ2v) is 6.07. The molecule has 0 atom stereocenters. The summed E-state index contributed by atoms with van der Waals surface area (Å²) in [6, 6.07) is 24.7. The molecule has 0 radical (unpaired) electrons. The highest BCUT2D eigenvalue weighted by Gasteiger charge is 2.00. The zero-order valence-corrected chi connectivity index (χ0v) is 12.9. The van der Waals surface area contributed by atoms with Gasteiger partial charge in [-0.25, -0.2) is 4.98 Å². The number of thioether (sulfide) groups is 1. The molecule has 0 saturated heterocycles. The van der Waals surface area contributed by atoms with Crippen LogP contribution in [0.1, 0.15) is 5.69 Å². The lowest BCUT2D eigenvalue weighted by Gasteiger charge is -2.05. The van der Waals surface area contributed by atoms with E-state index >= 15 is 0 Å². The first kappa shape index (κ1) is 14.2. The number of hydrogen-bond donors (Lipinski definition) is 0. The summed E-state index contributed by atoms with van der Waals surface area (Å²) in [5, 5.41) is 0.549. The summed E-state index contributed by atoms with van der Waals surface area (Å²) in [4.78, 5) is 5.53. The van der Waals surface area contributed by atoms with Crippen molar-refractivity contribution in [2.24, 2.45) is 0 Å². The normalized spacial score (nSPS) is 10.5. The van der Waals surface area contributed by atoms with Crippen LogP contribution in [-0.2, 0) is 5.75 Å². The molecule has 1 heterocycles. The minimum absolute atomic E-state index is 0.549. The monoisotopic (exact) mass is 311 g/mol. The molecule has 0 unspecified atom stereocenters. The SMILES string of the molecule is Clc1cccc(CSc2ccc(-c3ccccc3)cc2)n1. The molecule has 0 bridgehead atoms. The van der Waals surface area contributed by atoms with Crippen LogP contribution in [-0.4, -0.2) is 4.98 Å². The van der Waals surface area contributed by atoms with Gasteiger partial charge >= 0.3 is 0 Å². The van der Waals surface area contributed by atoms with E-state index in [1.165, 1.54) is 16.0 Å². The highest BCUT2D eigenvalue weighted by molar-refractivity contribution is 7.98. The minimum Gasteiger partial charge on any atom is -0.240 e. The van der Waals surface area contributed by atoms with Gasteiger partial charge in [0.1, 0.15) is 5.15 Å². The minimum atomic E-state index is 0.549. The van der Waals surface area contributed by atoms with Gasteiger partial charge in [-0.2, -0.15) is 0 Å². The van der Waals surface area contributed by atoms with Crippen LogP contribution < -0.4 is 0 Å². The van der Waals surface area contributed by atoms with Gasteiger partial charge in [0.05, 0.1) is 5.69 Å². The van der Waals surface area contributed by atoms with Crippen molar-refractivity contribution in [3.63, 3.8) is 0 Å². The summed E-state index contributed by atoms with van der Waals surface area (Å²) >= 11 is 7.66. The van der Waals surface area contributed by atoms with E-state index in [0.29, 0.717) is 5.15 Å². The summed E-state index contributed by atoms with van der Waals surface area (Å²) in [7, 11) is 0. The molecule has 0 amide bonds. The Balaban J connectivity index is 1.68. The predicted molar refractivity (Wildman–Crippen MR) is 90.7 cm³/mol. The molecule has 21 heavy (non-hydrogen) atoms. The molecule has 2 aromatic carbocycles. The highest BCUT2D eigenvalue weighted by atomic mass is 35.5. The number of halogens is 1. The summed E-state index contributed by atoms with van der Waals surface area (Å²) < 4.78 is 0. The topological polar surface area (TPSA) is 12.9 Å². The largest absolute Gasteiger partial charge is 0.240 e. The van der Waals surface area contributed by atoms with E-state index in [1.54, 1.807) is 17.8 Å². The molecule has 3 heteroatoms. The van der Waals surface area contributed by atoms with Crippen molar-refractivity contribution in [3.05, 3.63) is 83.6 Å². The third-order valence-electron chi connectivity index (χ3n) is 3.12. The van der Waals surface area contributed by atoms with E-state index in [1.807, 2.05) is 18.2 Å². The van der Waals surface area contributed by atoms with Gasteiger partial charge in [-0.15, -0.1) is 11.8 Å². The van der Waals surface area contributed by atoms with Gasteiger partial charge in [0, 0.05) is 10.6 Å². The summed E-state index contributed by atoms with van der Waals surface area (Å²) in [6.07, 6.45) is 0. The molecule has 3 aromatic rings. The maximum Gasteiger partial charge on any atom is 0.129 e. The molecule has 0 fully saturated rings. The van der Waals surface area contributed by atoms with E-state index in [2.05, 4.69) is 53.5 Å². The highest BCUT2D eigenvalue weighted by Crippen LogP contribution is 2.26. The van der Waals surface area contributed by atoms with Gasteiger partial charge in [0.2, 0.25) is 0 Å². The van der Waals surface area contributed by atoms with Crippen molar-refractivity contribution in [2.75, 3.05) is 0 Å². The molecule has 1 nitrogen and oxygen atoms in total. The first-order valence-corrected chi connectivity index (χ1v) is 8.07. The molecule has 0 aliphatic heterocycles. The fraction of sp³-hybridized carbons (Fsp3) is 0.0556. The standard InChI is InChI=1S/C18H14ClNS/c19-18-8-4-7-16(20-18)13-21-17-11-9-15(10-12-17)14-5-2-1-3-6-14/h1-12H,13H2. The first-order chi connectivity index (χ1) is 10.3. The number of pyridine rings is 1. The maximum absolute atomic E-state index is 5.89. The van der Waals surface area contributed by atoms with Crippen LogP contribution >= 0.6 is 23.4 Å². The third kappa shape index (κ3) is 3.87. The van der Waals surface area contributed by atoms with Crippen molar-refractivity contribution in [1.29, 1.82) is 0 Å². The van der Waals surface area contributed by atoms with Crippen molar-refractivity contribution in [2.45, 2.75) is 10.6 Å². The van der Waals surface area contributed by atoms with Crippen LogP contribution in [0, 0.1) is 0 Å². The first-order valence-electron chi connectivity index (χ1n) is 6.71. The van der Waals surface area contributed by atoms with Gasteiger partial charge in [-0.3, -0.25) is 0 Å². The van der Waals surface area contributed by atoms with Crippen LogP contribution in [0.4, 0.5) is 0 Å². The second-order valence-electron chi connectivity index (χ2n) is 4.63. The van der Waals surface area contributed by atoms with Crippen LogP contribution in [0.15, 0.2) is 77.7 Å². The number of nitrogens with zero attached hydrogens (tertiary/aromatic N) is 1. The number of hydrogen-bond acceptors (Lipinski definition) is 2. The van der Waals surface area contributed by atoms with E-state index < -0.39 is 0 Å². The Kier molecular flexibility index (Phi) is 4.59. The lowest BCUT2D eigenvalue weighted by molar-refractivity contribution is 1.17. The average molecular weight is 312 g/mol. The average Bonchev–Trinajstić information content (AvgIpc) is 2.54. The lowest BCUT2D eigenvalue weighted by atomic mass is 10.1. The van der Waals surface area contributed by atoms with Crippen molar-refractivity contribution in [3.8, 4) is 11.1 Å². The Labute approximate surface area is 134 Å². The molecule has 0 aliphatic rings. The molecule has 0 aliphatic carbocycles. The molecule has 0 N–H and O–H groups in total. The van der Waals surface area contributed by atoms with Crippen molar-refractivity contribution >= 4 is 23.4 Å². The van der Waals surface area contributed by atoms with Crippen LogP contribution in [0.3, 0.4) is 0 Å². The van der Waals surface area contributed by atoms with E-state index in [0.717, 1.165) is 11.4 Å². The lowest BCUT2D eigenvalue weighted by Crippen LogP contribution is -1.86. The Bertz CT molecular complexity index is 711. The van der Waals surface area contributed by atoms with Gasteiger partial charge in [0.25, 0.3) is 0 Å². The fourth-order valence-corrected chi connectivity index (χ4v) is 3.05. The second kappa shape index (κ2) is 6.79. The van der Waals surface area contributed by atoms with Crippen LogP contribution in [0.5, 0.6) is 0 Å². The van der Waals surface area contributed by atoms with E-state index in [4.69, 9.17) is 11.6 Å². The summed E-state index contributed by atoms with van der Waals surface area (Å²) in [6.45, 7) is 0. The molecule has 1 aromatic heterocycles. The van der Waals surface area contributed by atoms with Crippen molar-refractivity contribution in [1.82, 2.24) is 4.98 Å². The zero-order valence-electron chi connectivity index (χ0n) is 11.4. The van der Waals surface area contributed by atoms with Gasteiger partial charge in [0.15, 0.2) is 0 Å². The summed E-state index contributed by atoms with van der Waals surface area (Å²) in [5.41, 5.74) is 3.48. The van der Waals surface area contributed by atoms with E-state index in [-0.39, 0.29) is 0 Å². The maximum atomic E-state index is 5.89. The molecular weight excluding hydrogens is 298 g/mol. The number of rotatable bonds is 4. The van der Waals surface area contributed by atoms with Gasteiger partial charge in [-0.1, -0.05) is 60.1 Å². The molecule has 104 valence electrons. The van der Waals surface area contributed by atoms with Gasteiger partial charge in [-0.05, 0) is 35.4 Å². The molecule has 0 spiro atoms. The quantitative estimate of drug-likeness (QED) is 0.453. The Morgan fingerprint density at radius 1 is 0.762 bits per heavy atom. The number of aromatic nitrogens is 1. The van der Waals surface area contributed by atoms with Crippen LogP contribution in [0.2, 0.25) is 5.15 Å². The Morgan fingerprint density at radius 3 is 2.19 bits per heavy atom. The third-order valence-corrected chi connectivity index (χ3v) is 4.38. The smallest absolute Gasteiger partial charge is 0.129 e. The fourth-order valence-electron chi connectivity index (χ4n) is 2.06. The molecule has 3 rings (SSSR count). The summed E-state index contributed by atoms with van der Waals surface area (Å²) in [5.74, 6) is 0.825. The number of benzene rings is 2. The van der Waals surface area contributed by atoms with Crippen LogP contribution in [0.25, 0.3) is 11.1 Å². The molecule has 0 saturated carbocycles. The molecular formula is C18H14ClNS. The zero-order chi connectivity index (χ0) is 14.5.